The van der Waals surface area contributed by atoms with Crippen LogP contribution in [0.4, 0.5) is 14.4 Å². The topological polar surface area (TPSA) is 107 Å². The quantitative estimate of drug-likeness (QED) is 0.407. The number of carbonyl (C=O) groups is 3. The van der Waals surface area contributed by atoms with E-state index in [0.717, 1.165) is 57.8 Å². The van der Waals surface area contributed by atoms with E-state index < -0.39 is 18.5 Å². The minimum atomic E-state index is -0.669. The van der Waals surface area contributed by atoms with E-state index in [-0.39, 0.29) is 13.2 Å². The van der Waals surface area contributed by atoms with Crippen LogP contribution in [0.25, 0.3) is 0 Å². The van der Waals surface area contributed by atoms with Crippen LogP contribution in [-0.2, 0) is 28.4 Å². The van der Waals surface area contributed by atoms with Gasteiger partial charge in [0.25, 0.3) is 0 Å². The van der Waals surface area contributed by atoms with Gasteiger partial charge in [-0.05, 0) is 70.6 Å². The van der Waals surface area contributed by atoms with E-state index in [1.54, 1.807) is 0 Å². The molecule has 0 aliphatic carbocycles. The van der Waals surface area contributed by atoms with Gasteiger partial charge in [0, 0.05) is 0 Å². The summed E-state index contributed by atoms with van der Waals surface area (Å²) in [4.78, 5) is 34.3. The molecule has 9 heteroatoms. The standard InChI is InChI=1S/C20H34O9/c21-18-24-12-6-1-3-8-14-26-19(22)28-16-10-5-11-17-29-20(23)27-15-9-4-2-7-13-25-18/h1-17H2. The zero-order valence-corrected chi connectivity index (χ0v) is 17.2. The maximum absolute atomic E-state index is 11.4. The van der Waals surface area contributed by atoms with Crippen LogP contribution >= 0.6 is 0 Å². The number of hydrogen-bond acceptors (Lipinski definition) is 9. The summed E-state index contributed by atoms with van der Waals surface area (Å²) in [5.74, 6) is 0. The maximum Gasteiger partial charge on any atom is 0.508 e. The van der Waals surface area contributed by atoms with Crippen molar-refractivity contribution in [3.05, 3.63) is 0 Å². The molecule has 0 amide bonds. The molecule has 1 fully saturated rings. The Morgan fingerprint density at radius 2 is 0.483 bits per heavy atom. The monoisotopic (exact) mass is 418 g/mol. The van der Waals surface area contributed by atoms with Crippen molar-refractivity contribution in [3.8, 4) is 0 Å². The summed E-state index contributed by atoms with van der Waals surface area (Å²) in [7, 11) is 0. The molecule has 1 heterocycles. The van der Waals surface area contributed by atoms with Crippen molar-refractivity contribution in [2.45, 2.75) is 70.6 Å². The highest BCUT2D eigenvalue weighted by atomic mass is 16.7. The van der Waals surface area contributed by atoms with Gasteiger partial charge in [-0.3, -0.25) is 0 Å². The molecule has 0 spiro atoms. The van der Waals surface area contributed by atoms with Gasteiger partial charge in [0.15, 0.2) is 0 Å². The largest absolute Gasteiger partial charge is 0.508 e. The van der Waals surface area contributed by atoms with Gasteiger partial charge in [-0.2, -0.15) is 0 Å². The second-order valence-corrected chi connectivity index (χ2v) is 6.73. The van der Waals surface area contributed by atoms with Crippen LogP contribution in [0.5, 0.6) is 0 Å². The normalized spacial score (nSPS) is 21.3. The first kappa shape index (κ1) is 24.8. The van der Waals surface area contributed by atoms with Crippen molar-refractivity contribution in [3.63, 3.8) is 0 Å². The van der Waals surface area contributed by atoms with Crippen LogP contribution in [0.1, 0.15) is 70.6 Å². The van der Waals surface area contributed by atoms with Crippen molar-refractivity contribution >= 4 is 18.5 Å². The lowest BCUT2D eigenvalue weighted by molar-refractivity contribution is 0.0458. The zero-order chi connectivity index (χ0) is 21.0. The van der Waals surface area contributed by atoms with Gasteiger partial charge < -0.3 is 28.4 Å². The van der Waals surface area contributed by atoms with Crippen LogP contribution in [0.15, 0.2) is 0 Å². The molecule has 0 aromatic carbocycles. The molecule has 0 radical (unpaired) electrons. The Hall–Kier alpha value is -2.19. The minimum Gasteiger partial charge on any atom is -0.434 e. The molecule has 29 heavy (non-hydrogen) atoms. The van der Waals surface area contributed by atoms with Crippen LogP contribution in [0.2, 0.25) is 0 Å². The lowest BCUT2D eigenvalue weighted by Gasteiger charge is -2.08. The molecule has 0 unspecified atom stereocenters. The second kappa shape index (κ2) is 17.9. The third-order valence-corrected chi connectivity index (χ3v) is 4.19. The first-order valence-electron chi connectivity index (χ1n) is 10.6. The van der Waals surface area contributed by atoms with Gasteiger partial charge in [0.05, 0.1) is 39.6 Å². The smallest absolute Gasteiger partial charge is 0.434 e. The van der Waals surface area contributed by atoms with E-state index in [1.165, 1.54) is 0 Å². The van der Waals surface area contributed by atoms with E-state index in [4.69, 9.17) is 28.4 Å². The lowest BCUT2D eigenvalue weighted by Crippen LogP contribution is -2.11. The Balaban J connectivity index is 2.21. The fraction of sp³-hybridized carbons (Fsp3) is 0.850. The summed E-state index contributed by atoms with van der Waals surface area (Å²) in [5.41, 5.74) is 0. The van der Waals surface area contributed by atoms with Gasteiger partial charge in [-0.1, -0.05) is 0 Å². The summed E-state index contributed by atoms with van der Waals surface area (Å²) in [6.07, 6.45) is 6.56. The first-order valence-corrected chi connectivity index (χ1v) is 10.6. The minimum absolute atomic E-state index is 0.275. The molecule has 1 rings (SSSR count). The van der Waals surface area contributed by atoms with Gasteiger partial charge in [-0.15, -0.1) is 0 Å². The maximum atomic E-state index is 11.4. The molecule has 168 valence electrons. The number of carbonyl (C=O) groups excluding carboxylic acids is 3. The molecular formula is C20H34O9. The Morgan fingerprint density at radius 1 is 0.310 bits per heavy atom. The van der Waals surface area contributed by atoms with Gasteiger partial charge >= 0.3 is 18.5 Å². The first-order chi connectivity index (χ1) is 14.2. The highest BCUT2D eigenvalue weighted by Gasteiger charge is 2.06. The Bertz CT molecular complexity index is 415. The van der Waals surface area contributed by atoms with Crippen LogP contribution in [0.3, 0.4) is 0 Å². The number of hydrogen-bond donors (Lipinski definition) is 0. The van der Waals surface area contributed by atoms with E-state index in [0.29, 0.717) is 39.3 Å². The summed E-state index contributed by atoms with van der Waals surface area (Å²) in [6, 6.07) is 0. The van der Waals surface area contributed by atoms with Crippen molar-refractivity contribution in [1.29, 1.82) is 0 Å². The van der Waals surface area contributed by atoms with Crippen molar-refractivity contribution < 1.29 is 42.8 Å². The number of ether oxygens (including phenoxy) is 6. The average Bonchev–Trinajstić information content (AvgIpc) is 2.70. The number of cyclic esters (lactones) is 6. The third kappa shape index (κ3) is 16.5. The lowest BCUT2D eigenvalue weighted by atomic mass is 10.2. The van der Waals surface area contributed by atoms with Crippen LogP contribution in [0, 0.1) is 0 Å². The molecule has 1 saturated heterocycles. The molecule has 0 aromatic rings. The van der Waals surface area contributed by atoms with Gasteiger partial charge in [0.1, 0.15) is 0 Å². The molecular weight excluding hydrogens is 384 g/mol. The molecule has 9 nitrogen and oxygen atoms in total. The van der Waals surface area contributed by atoms with Gasteiger partial charge in [-0.25, -0.2) is 14.4 Å². The number of rotatable bonds is 0. The summed E-state index contributed by atoms with van der Waals surface area (Å²) < 4.78 is 29.9. The molecule has 0 atom stereocenters. The molecule has 1 aliphatic heterocycles. The van der Waals surface area contributed by atoms with E-state index in [1.807, 2.05) is 0 Å². The Labute approximate surface area is 172 Å². The Morgan fingerprint density at radius 3 is 0.690 bits per heavy atom. The SMILES string of the molecule is O=C1OCCCCCCOC(=O)OCCCCCOC(=O)OCCCCCCO1. The fourth-order valence-corrected chi connectivity index (χ4v) is 2.55. The van der Waals surface area contributed by atoms with Crippen LogP contribution in [-0.4, -0.2) is 58.1 Å². The predicted octanol–water partition coefficient (Wildman–Crippen LogP) is 4.75. The summed E-state index contributed by atoms with van der Waals surface area (Å²) in [5, 5.41) is 0. The molecule has 0 bridgehead atoms. The molecule has 0 saturated carbocycles. The predicted molar refractivity (Wildman–Crippen MR) is 103 cm³/mol. The van der Waals surface area contributed by atoms with Crippen molar-refractivity contribution in [2.24, 2.45) is 0 Å². The Kier molecular flexibility index (Phi) is 15.3. The molecule has 0 aromatic heterocycles. The van der Waals surface area contributed by atoms with Crippen LogP contribution < -0.4 is 0 Å². The highest BCUT2D eigenvalue weighted by molar-refractivity contribution is 5.60. The summed E-state index contributed by atoms with van der Waals surface area (Å²) in [6.45, 7) is 1.78. The molecule has 0 N–H and O–H groups in total. The fourth-order valence-electron chi connectivity index (χ4n) is 2.55. The highest BCUT2D eigenvalue weighted by Crippen LogP contribution is 2.05. The van der Waals surface area contributed by atoms with E-state index in [2.05, 4.69) is 0 Å². The molecule has 1 aliphatic rings. The van der Waals surface area contributed by atoms with E-state index in [9.17, 15) is 14.4 Å². The summed E-state index contributed by atoms with van der Waals surface area (Å²) >= 11 is 0. The average molecular weight is 418 g/mol. The zero-order valence-electron chi connectivity index (χ0n) is 17.2. The third-order valence-electron chi connectivity index (χ3n) is 4.19. The van der Waals surface area contributed by atoms with Crippen molar-refractivity contribution in [1.82, 2.24) is 0 Å². The van der Waals surface area contributed by atoms with Gasteiger partial charge in [0.2, 0.25) is 0 Å². The van der Waals surface area contributed by atoms with E-state index >= 15 is 0 Å². The van der Waals surface area contributed by atoms with Crippen molar-refractivity contribution in [2.75, 3.05) is 39.6 Å². The second-order valence-electron chi connectivity index (χ2n) is 6.73.